The predicted molar refractivity (Wildman–Crippen MR) is 62.1 cm³/mol. The van der Waals surface area contributed by atoms with Crippen LogP contribution in [0.25, 0.3) is 0 Å². The SMILES string of the molecule is Cc1cc(C2(N)CNC2)c(F)cc1Cl.Cl. The maximum absolute atomic E-state index is 13.6. The fourth-order valence-corrected chi connectivity index (χ4v) is 1.77. The third-order valence-electron chi connectivity index (χ3n) is 2.67. The molecule has 0 aliphatic carbocycles. The Balaban J connectivity index is 0.00000112. The van der Waals surface area contributed by atoms with Crippen LogP contribution in [-0.4, -0.2) is 13.1 Å². The van der Waals surface area contributed by atoms with Crippen LogP contribution in [0.1, 0.15) is 11.1 Å². The summed E-state index contributed by atoms with van der Waals surface area (Å²) in [7, 11) is 0. The van der Waals surface area contributed by atoms with Gasteiger partial charge in [0.1, 0.15) is 5.82 Å². The first kappa shape index (κ1) is 12.7. The summed E-state index contributed by atoms with van der Waals surface area (Å²) in [5, 5.41) is 3.48. The van der Waals surface area contributed by atoms with Crippen LogP contribution in [0.2, 0.25) is 5.02 Å². The fourth-order valence-electron chi connectivity index (χ4n) is 1.62. The van der Waals surface area contributed by atoms with Crippen LogP contribution in [0.3, 0.4) is 0 Å². The minimum absolute atomic E-state index is 0. The van der Waals surface area contributed by atoms with Crippen molar-refractivity contribution in [2.24, 2.45) is 5.73 Å². The monoisotopic (exact) mass is 250 g/mol. The lowest BCUT2D eigenvalue weighted by Crippen LogP contribution is -2.63. The second-order valence-electron chi connectivity index (χ2n) is 3.84. The Morgan fingerprint density at radius 3 is 2.53 bits per heavy atom. The van der Waals surface area contributed by atoms with Gasteiger partial charge in [0.2, 0.25) is 0 Å². The molecule has 84 valence electrons. The van der Waals surface area contributed by atoms with E-state index < -0.39 is 5.54 Å². The normalized spacial score (nSPS) is 17.9. The van der Waals surface area contributed by atoms with Gasteiger partial charge in [0, 0.05) is 23.7 Å². The van der Waals surface area contributed by atoms with Crippen LogP contribution in [-0.2, 0) is 5.54 Å². The highest BCUT2D eigenvalue weighted by atomic mass is 35.5. The number of aryl methyl sites for hydroxylation is 1. The molecule has 1 heterocycles. The van der Waals surface area contributed by atoms with Gasteiger partial charge in [-0.15, -0.1) is 12.4 Å². The molecule has 0 spiro atoms. The Bertz CT molecular complexity index is 378. The average molecular weight is 251 g/mol. The van der Waals surface area contributed by atoms with Crippen molar-refractivity contribution in [1.29, 1.82) is 0 Å². The van der Waals surface area contributed by atoms with Crippen molar-refractivity contribution in [3.63, 3.8) is 0 Å². The molecule has 1 aliphatic rings. The lowest BCUT2D eigenvalue weighted by Gasteiger charge is -2.39. The molecule has 0 aromatic heterocycles. The third-order valence-corrected chi connectivity index (χ3v) is 3.07. The van der Waals surface area contributed by atoms with Gasteiger partial charge in [-0.2, -0.15) is 0 Å². The van der Waals surface area contributed by atoms with Gasteiger partial charge >= 0.3 is 0 Å². The predicted octanol–water partition coefficient (Wildman–Crippen LogP) is 1.97. The van der Waals surface area contributed by atoms with Crippen molar-refractivity contribution in [3.05, 3.63) is 34.1 Å². The summed E-state index contributed by atoms with van der Waals surface area (Å²) in [5.74, 6) is -0.315. The maximum atomic E-state index is 13.6. The summed E-state index contributed by atoms with van der Waals surface area (Å²) in [6.45, 7) is 3.08. The van der Waals surface area contributed by atoms with E-state index in [0.717, 1.165) is 5.56 Å². The quantitative estimate of drug-likeness (QED) is 0.800. The molecule has 1 saturated heterocycles. The number of nitrogens with two attached hydrogens (primary N) is 1. The summed E-state index contributed by atoms with van der Waals surface area (Å²) < 4.78 is 13.6. The van der Waals surface area contributed by atoms with Crippen LogP contribution in [0.15, 0.2) is 12.1 Å². The zero-order valence-electron chi connectivity index (χ0n) is 8.31. The van der Waals surface area contributed by atoms with Crippen LogP contribution in [0.4, 0.5) is 4.39 Å². The molecule has 1 aliphatic heterocycles. The standard InChI is InChI=1S/C10H12ClFN2.ClH/c1-6-2-7(9(12)3-8(6)11)10(13)4-14-5-10;/h2-3,14H,4-5,13H2,1H3;1H. The molecule has 1 aromatic carbocycles. The molecule has 2 nitrogen and oxygen atoms in total. The number of nitrogens with one attached hydrogen (secondary N) is 1. The van der Waals surface area contributed by atoms with Gasteiger partial charge in [0.05, 0.1) is 5.54 Å². The highest BCUT2D eigenvalue weighted by Gasteiger charge is 2.36. The Morgan fingerprint density at radius 2 is 2.07 bits per heavy atom. The van der Waals surface area contributed by atoms with Crippen molar-refractivity contribution in [2.75, 3.05) is 13.1 Å². The van der Waals surface area contributed by atoms with Gasteiger partial charge in [-0.1, -0.05) is 11.6 Å². The number of halogens is 3. The second kappa shape index (κ2) is 4.26. The molecule has 5 heteroatoms. The summed E-state index contributed by atoms with van der Waals surface area (Å²) in [6.07, 6.45) is 0. The average Bonchev–Trinajstić information content (AvgIpc) is 2.07. The lowest BCUT2D eigenvalue weighted by atomic mass is 9.84. The summed E-state index contributed by atoms with van der Waals surface area (Å²) in [5.41, 5.74) is 6.86. The number of hydrogen-bond acceptors (Lipinski definition) is 2. The molecule has 0 unspecified atom stereocenters. The molecule has 1 aromatic rings. The highest BCUT2D eigenvalue weighted by Crippen LogP contribution is 2.29. The third kappa shape index (κ3) is 2.11. The Hall–Kier alpha value is -0.350. The largest absolute Gasteiger partial charge is 0.319 e. The van der Waals surface area contributed by atoms with Gasteiger partial charge in [-0.05, 0) is 24.6 Å². The van der Waals surface area contributed by atoms with Crippen LogP contribution in [0, 0.1) is 12.7 Å². The molecular formula is C10H13Cl2FN2. The Labute approximate surface area is 99.4 Å². The first-order valence-corrected chi connectivity index (χ1v) is 4.86. The van der Waals surface area contributed by atoms with Crippen molar-refractivity contribution >= 4 is 24.0 Å². The maximum Gasteiger partial charge on any atom is 0.129 e. The van der Waals surface area contributed by atoms with E-state index in [9.17, 15) is 4.39 Å². The van der Waals surface area contributed by atoms with E-state index in [1.165, 1.54) is 6.07 Å². The Morgan fingerprint density at radius 1 is 1.47 bits per heavy atom. The second-order valence-corrected chi connectivity index (χ2v) is 4.25. The van der Waals surface area contributed by atoms with E-state index in [0.29, 0.717) is 23.7 Å². The molecule has 15 heavy (non-hydrogen) atoms. The highest BCUT2D eigenvalue weighted by molar-refractivity contribution is 6.31. The van der Waals surface area contributed by atoms with E-state index >= 15 is 0 Å². The van der Waals surface area contributed by atoms with Crippen molar-refractivity contribution in [2.45, 2.75) is 12.5 Å². The minimum atomic E-state index is -0.556. The first-order chi connectivity index (χ1) is 6.53. The van der Waals surface area contributed by atoms with E-state index in [1.54, 1.807) is 6.07 Å². The molecular weight excluding hydrogens is 238 g/mol. The Kier molecular flexibility index (Phi) is 3.61. The minimum Gasteiger partial charge on any atom is -0.319 e. The van der Waals surface area contributed by atoms with Gasteiger partial charge < -0.3 is 11.1 Å². The molecule has 1 fully saturated rings. The summed E-state index contributed by atoms with van der Waals surface area (Å²) >= 11 is 5.80. The molecule has 0 amide bonds. The van der Waals surface area contributed by atoms with Crippen molar-refractivity contribution < 1.29 is 4.39 Å². The number of hydrogen-bond donors (Lipinski definition) is 2. The van der Waals surface area contributed by atoms with Gasteiger partial charge in [-0.25, -0.2) is 4.39 Å². The van der Waals surface area contributed by atoms with E-state index in [1.807, 2.05) is 6.92 Å². The molecule has 3 N–H and O–H groups in total. The van der Waals surface area contributed by atoms with Gasteiger partial charge in [0.25, 0.3) is 0 Å². The van der Waals surface area contributed by atoms with Crippen LogP contribution >= 0.6 is 24.0 Å². The van der Waals surface area contributed by atoms with Crippen LogP contribution < -0.4 is 11.1 Å². The lowest BCUT2D eigenvalue weighted by molar-refractivity contribution is 0.277. The topological polar surface area (TPSA) is 38.0 Å². The number of benzene rings is 1. The van der Waals surface area contributed by atoms with E-state index in [2.05, 4.69) is 5.32 Å². The first-order valence-electron chi connectivity index (χ1n) is 4.49. The zero-order chi connectivity index (χ0) is 10.3. The van der Waals surface area contributed by atoms with Gasteiger partial charge in [-0.3, -0.25) is 0 Å². The fraction of sp³-hybridized carbons (Fsp3) is 0.400. The van der Waals surface area contributed by atoms with E-state index in [-0.39, 0.29) is 18.2 Å². The van der Waals surface area contributed by atoms with Crippen molar-refractivity contribution in [1.82, 2.24) is 5.32 Å². The molecule has 0 saturated carbocycles. The van der Waals surface area contributed by atoms with E-state index in [4.69, 9.17) is 17.3 Å². The number of rotatable bonds is 1. The molecule has 0 bridgehead atoms. The van der Waals surface area contributed by atoms with Gasteiger partial charge in [0.15, 0.2) is 0 Å². The molecule has 2 rings (SSSR count). The van der Waals surface area contributed by atoms with Crippen LogP contribution in [0.5, 0.6) is 0 Å². The molecule has 0 atom stereocenters. The summed E-state index contributed by atoms with van der Waals surface area (Å²) in [6, 6.07) is 3.07. The van der Waals surface area contributed by atoms with Crippen molar-refractivity contribution in [3.8, 4) is 0 Å². The molecule has 0 radical (unpaired) electrons. The smallest absolute Gasteiger partial charge is 0.129 e. The zero-order valence-corrected chi connectivity index (χ0v) is 9.88. The summed E-state index contributed by atoms with van der Waals surface area (Å²) in [4.78, 5) is 0.